The molecule has 0 saturated carbocycles. The normalized spacial score (nSPS) is 14.5. The van der Waals surface area contributed by atoms with Crippen LogP contribution < -0.4 is 14.4 Å². The van der Waals surface area contributed by atoms with Crippen LogP contribution in [0.5, 0.6) is 5.75 Å². The number of hydrogen-bond donors (Lipinski definition) is 1. The van der Waals surface area contributed by atoms with Gasteiger partial charge in [0.15, 0.2) is 0 Å². The standard InChI is InChI=1S/C21H20N2O4S/c1-27-20-11-10-18(14-19(20)23-12-4-7-21(23)24)28(25,26)22-17-9-8-15-5-2-3-6-16(15)13-17/h2-3,5-6,8-11,13-14,22H,4,7,12H2,1H3. The first-order chi connectivity index (χ1) is 13.5. The third-order valence-corrected chi connectivity index (χ3v) is 6.21. The topological polar surface area (TPSA) is 75.7 Å². The highest BCUT2D eigenvalue weighted by Gasteiger charge is 2.26. The number of amides is 1. The van der Waals surface area contributed by atoms with E-state index in [-0.39, 0.29) is 10.8 Å². The van der Waals surface area contributed by atoms with Crippen molar-refractivity contribution in [3.63, 3.8) is 0 Å². The lowest BCUT2D eigenvalue weighted by Gasteiger charge is -2.20. The van der Waals surface area contributed by atoms with E-state index in [9.17, 15) is 13.2 Å². The van der Waals surface area contributed by atoms with Crippen LogP contribution in [-0.2, 0) is 14.8 Å². The second-order valence-electron chi connectivity index (χ2n) is 6.65. The van der Waals surface area contributed by atoms with Crippen molar-refractivity contribution in [3.8, 4) is 5.75 Å². The zero-order valence-corrected chi connectivity index (χ0v) is 16.2. The molecule has 7 heteroatoms. The molecule has 28 heavy (non-hydrogen) atoms. The molecule has 144 valence electrons. The van der Waals surface area contributed by atoms with E-state index in [4.69, 9.17) is 4.74 Å². The van der Waals surface area contributed by atoms with Crippen LogP contribution in [0.3, 0.4) is 0 Å². The molecule has 1 fully saturated rings. The van der Waals surface area contributed by atoms with Crippen molar-refractivity contribution < 1.29 is 17.9 Å². The van der Waals surface area contributed by atoms with Gasteiger partial charge >= 0.3 is 0 Å². The van der Waals surface area contributed by atoms with E-state index < -0.39 is 10.0 Å². The van der Waals surface area contributed by atoms with Crippen LogP contribution in [0.15, 0.2) is 65.6 Å². The summed E-state index contributed by atoms with van der Waals surface area (Å²) in [6, 6.07) is 17.7. The van der Waals surface area contributed by atoms with Gasteiger partial charge in [0.25, 0.3) is 10.0 Å². The average molecular weight is 396 g/mol. The number of methoxy groups -OCH3 is 1. The highest BCUT2D eigenvalue weighted by molar-refractivity contribution is 7.92. The Hall–Kier alpha value is -3.06. The van der Waals surface area contributed by atoms with Gasteiger partial charge < -0.3 is 9.64 Å². The van der Waals surface area contributed by atoms with Crippen molar-refractivity contribution >= 4 is 38.1 Å². The Kier molecular flexibility index (Phi) is 4.68. The van der Waals surface area contributed by atoms with Gasteiger partial charge in [-0.2, -0.15) is 0 Å². The molecule has 0 bridgehead atoms. The van der Waals surface area contributed by atoms with Crippen LogP contribution in [0.2, 0.25) is 0 Å². The predicted molar refractivity (Wildman–Crippen MR) is 109 cm³/mol. The maximum atomic E-state index is 12.9. The number of benzene rings is 3. The van der Waals surface area contributed by atoms with E-state index in [1.54, 1.807) is 23.1 Å². The third kappa shape index (κ3) is 3.41. The fourth-order valence-electron chi connectivity index (χ4n) is 3.42. The van der Waals surface area contributed by atoms with Crippen LogP contribution in [0.4, 0.5) is 11.4 Å². The quantitative estimate of drug-likeness (QED) is 0.712. The molecule has 1 saturated heterocycles. The minimum atomic E-state index is -3.82. The van der Waals surface area contributed by atoms with Gasteiger partial charge in [0.2, 0.25) is 5.91 Å². The Morgan fingerprint density at radius 2 is 1.79 bits per heavy atom. The summed E-state index contributed by atoms with van der Waals surface area (Å²) in [6.45, 7) is 0.552. The maximum Gasteiger partial charge on any atom is 0.261 e. The van der Waals surface area contributed by atoms with Crippen LogP contribution in [0, 0.1) is 0 Å². The van der Waals surface area contributed by atoms with Gasteiger partial charge in [0, 0.05) is 18.7 Å². The van der Waals surface area contributed by atoms with E-state index in [0.29, 0.717) is 30.1 Å². The van der Waals surface area contributed by atoms with Crippen molar-refractivity contribution in [2.75, 3.05) is 23.3 Å². The van der Waals surface area contributed by atoms with Crippen LogP contribution in [0.25, 0.3) is 10.8 Å². The Balaban J connectivity index is 1.69. The third-order valence-electron chi connectivity index (χ3n) is 4.83. The zero-order chi connectivity index (χ0) is 19.7. The molecule has 3 aromatic rings. The van der Waals surface area contributed by atoms with Gasteiger partial charge in [-0.25, -0.2) is 8.42 Å². The van der Waals surface area contributed by atoms with Crippen molar-refractivity contribution in [1.82, 2.24) is 0 Å². The highest BCUT2D eigenvalue weighted by atomic mass is 32.2. The number of sulfonamides is 1. The number of hydrogen-bond acceptors (Lipinski definition) is 4. The second kappa shape index (κ2) is 7.16. The van der Waals surface area contributed by atoms with Crippen molar-refractivity contribution in [1.29, 1.82) is 0 Å². The molecule has 1 amide bonds. The molecule has 0 spiro atoms. The summed E-state index contributed by atoms with van der Waals surface area (Å²) in [6.07, 6.45) is 1.20. The molecular weight excluding hydrogens is 376 g/mol. The Morgan fingerprint density at radius 1 is 1.00 bits per heavy atom. The van der Waals surface area contributed by atoms with Gasteiger partial charge in [-0.15, -0.1) is 0 Å². The number of fused-ring (bicyclic) bond motifs is 1. The van der Waals surface area contributed by atoms with E-state index in [2.05, 4.69) is 4.72 Å². The minimum absolute atomic E-state index is 0.0321. The minimum Gasteiger partial charge on any atom is -0.495 e. The lowest BCUT2D eigenvalue weighted by Crippen LogP contribution is -2.24. The summed E-state index contributed by atoms with van der Waals surface area (Å²) in [7, 11) is -2.32. The van der Waals surface area contributed by atoms with Gasteiger partial charge in [-0.05, 0) is 47.5 Å². The van der Waals surface area contributed by atoms with Crippen LogP contribution in [-0.4, -0.2) is 28.0 Å². The molecule has 1 N–H and O–H groups in total. The smallest absolute Gasteiger partial charge is 0.261 e. The molecule has 0 aliphatic carbocycles. The predicted octanol–water partition coefficient (Wildman–Crippen LogP) is 3.78. The summed E-state index contributed by atoms with van der Waals surface area (Å²) in [4.78, 5) is 13.8. The highest BCUT2D eigenvalue weighted by Crippen LogP contribution is 2.34. The summed E-state index contributed by atoms with van der Waals surface area (Å²) >= 11 is 0. The fourth-order valence-corrected chi connectivity index (χ4v) is 4.49. The van der Waals surface area contributed by atoms with Crippen molar-refractivity contribution in [2.24, 2.45) is 0 Å². The fraction of sp³-hybridized carbons (Fsp3) is 0.190. The van der Waals surface area contributed by atoms with Gasteiger partial charge in [-0.1, -0.05) is 30.3 Å². The second-order valence-corrected chi connectivity index (χ2v) is 8.33. The lowest BCUT2D eigenvalue weighted by molar-refractivity contribution is -0.117. The van der Waals surface area contributed by atoms with Crippen molar-refractivity contribution in [2.45, 2.75) is 17.7 Å². The summed E-state index contributed by atoms with van der Waals surface area (Å²) in [5.41, 5.74) is 0.958. The summed E-state index contributed by atoms with van der Waals surface area (Å²) in [5.74, 6) is 0.440. The van der Waals surface area contributed by atoms with Gasteiger partial charge in [0.1, 0.15) is 5.75 Å². The first-order valence-corrected chi connectivity index (χ1v) is 10.5. The first-order valence-electron chi connectivity index (χ1n) is 8.98. The van der Waals surface area contributed by atoms with E-state index in [0.717, 1.165) is 17.2 Å². The molecule has 6 nitrogen and oxygen atoms in total. The first kappa shape index (κ1) is 18.3. The van der Waals surface area contributed by atoms with Gasteiger partial charge in [0.05, 0.1) is 17.7 Å². The molecule has 1 heterocycles. The van der Waals surface area contributed by atoms with E-state index >= 15 is 0 Å². The molecule has 1 aliphatic rings. The molecule has 1 aliphatic heterocycles. The SMILES string of the molecule is COc1ccc(S(=O)(=O)Nc2ccc3ccccc3c2)cc1N1CCCC1=O. The monoisotopic (exact) mass is 396 g/mol. The van der Waals surface area contributed by atoms with Gasteiger partial charge in [-0.3, -0.25) is 9.52 Å². The largest absolute Gasteiger partial charge is 0.495 e. The zero-order valence-electron chi connectivity index (χ0n) is 15.4. The van der Waals surface area contributed by atoms with Crippen LogP contribution >= 0.6 is 0 Å². The van der Waals surface area contributed by atoms with Crippen molar-refractivity contribution in [3.05, 3.63) is 60.7 Å². The van der Waals surface area contributed by atoms with E-state index in [1.807, 2.05) is 30.3 Å². The maximum absolute atomic E-state index is 12.9. The Morgan fingerprint density at radius 3 is 2.50 bits per heavy atom. The van der Waals surface area contributed by atoms with E-state index in [1.165, 1.54) is 19.2 Å². The summed E-state index contributed by atoms with van der Waals surface area (Å²) in [5, 5.41) is 1.98. The molecule has 0 unspecified atom stereocenters. The molecule has 0 radical (unpaired) electrons. The molecule has 0 aromatic heterocycles. The Bertz CT molecular complexity index is 1160. The lowest BCUT2D eigenvalue weighted by atomic mass is 10.1. The number of carbonyl (C=O) groups is 1. The number of ether oxygens (including phenoxy) is 1. The summed E-state index contributed by atoms with van der Waals surface area (Å²) < 4.78 is 33.8. The molecule has 0 atom stereocenters. The number of carbonyl (C=O) groups excluding carboxylic acids is 1. The Labute approximate surface area is 163 Å². The number of anilines is 2. The molecule has 4 rings (SSSR count). The van der Waals surface area contributed by atoms with Crippen LogP contribution in [0.1, 0.15) is 12.8 Å². The average Bonchev–Trinajstić information content (AvgIpc) is 3.12. The number of rotatable bonds is 5. The molecule has 3 aromatic carbocycles. The number of nitrogens with zero attached hydrogens (tertiary/aromatic N) is 1. The molecular formula is C21H20N2O4S. The number of nitrogens with one attached hydrogen (secondary N) is 1.